The van der Waals surface area contributed by atoms with Crippen molar-refractivity contribution in [2.75, 3.05) is 24.3 Å². The van der Waals surface area contributed by atoms with Crippen LogP contribution in [0.4, 0.5) is 16.0 Å². The second-order valence-electron chi connectivity index (χ2n) is 8.56. The van der Waals surface area contributed by atoms with Crippen LogP contribution in [0.3, 0.4) is 0 Å². The number of rotatable bonds is 3. The van der Waals surface area contributed by atoms with E-state index in [2.05, 4.69) is 72.6 Å². The van der Waals surface area contributed by atoms with Gasteiger partial charge in [0.2, 0.25) is 5.95 Å². The molecule has 4 aromatic rings. The number of anilines is 2. The lowest BCUT2D eigenvalue weighted by atomic mass is 9.84. The van der Waals surface area contributed by atoms with Crippen molar-refractivity contribution in [3.8, 4) is 5.75 Å². The summed E-state index contributed by atoms with van der Waals surface area (Å²) in [6.45, 7) is 0. The zero-order valence-corrected chi connectivity index (χ0v) is 20.1. The second-order valence-corrected chi connectivity index (χ2v) is 9.48. The molecule has 0 saturated carbocycles. The Labute approximate surface area is 204 Å². The molecule has 2 unspecified atom stereocenters. The Morgan fingerprint density at radius 2 is 1.74 bits per heavy atom. The molecule has 8 heteroatoms. The summed E-state index contributed by atoms with van der Waals surface area (Å²) in [4.78, 5) is 6.48. The van der Waals surface area contributed by atoms with Crippen LogP contribution >= 0.6 is 15.9 Å². The number of halogens is 2. The van der Waals surface area contributed by atoms with E-state index in [1.807, 2.05) is 30.9 Å². The first-order valence-electron chi connectivity index (χ1n) is 10.9. The SMILES string of the molecule is CN(C)c1ccc(C2Oc3ccc(F)cc3C3=C2C(c2ccc(Br)cc2)n2ncnc2N3)cc1. The van der Waals surface area contributed by atoms with Crippen LogP contribution in [-0.4, -0.2) is 28.9 Å². The highest BCUT2D eigenvalue weighted by molar-refractivity contribution is 9.10. The summed E-state index contributed by atoms with van der Waals surface area (Å²) in [5.41, 5.74) is 5.56. The Morgan fingerprint density at radius 3 is 2.47 bits per heavy atom. The first-order chi connectivity index (χ1) is 16.5. The maximum Gasteiger partial charge on any atom is 0.226 e. The lowest BCUT2D eigenvalue weighted by Crippen LogP contribution is -2.32. The maximum atomic E-state index is 14.3. The lowest BCUT2D eigenvalue weighted by molar-refractivity contribution is 0.222. The molecule has 0 amide bonds. The molecular weight excluding hydrogens is 497 g/mol. The van der Waals surface area contributed by atoms with Gasteiger partial charge in [0.25, 0.3) is 0 Å². The van der Waals surface area contributed by atoms with Crippen LogP contribution in [0.1, 0.15) is 28.8 Å². The fourth-order valence-corrected chi connectivity index (χ4v) is 4.89. The highest BCUT2D eigenvalue weighted by Crippen LogP contribution is 2.50. The van der Waals surface area contributed by atoms with Crippen molar-refractivity contribution in [3.63, 3.8) is 0 Å². The topological polar surface area (TPSA) is 55.2 Å². The van der Waals surface area contributed by atoms with Crippen LogP contribution in [0.15, 0.2) is 83.1 Å². The Kier molecular flexibility index (Phi) is 4.91. The van der Waals surface area contributed by atoms with E-state index in [9.17, 15) is 4.39 Å². The second kappa shape index (κ2) is 7.99. The summed E-state index contributed by atoms with van der Waals surface area (Å²) in [5, 5.41) is 7.94. The third-order valence-corrected chi connectivity index (χ3v) is 6.80. The van der Waals surface area contributed by atoms with Crippen molar-refractivity contribution < 1.29 is 9.13 Å². The largest absolute Gasteiger partial charge is 0.480 e. The number of nitrogens with zero attached hydrogens (tertiary/aromatic N) is 4. The summed E-state index contributed by atoms with van der Waals surface area (Å²) in [7, 11) is 4.02. The van der Waals surface area contributed by atoms with E-state index in [0.29, 0.717) is 17.3 Å². The number of ether oxygens (including phenoxy) is 1. The van der Waals surface area contributed by atoms with Gasteiger partial charge in [-0.05, 0) is 53.6 Å². The molecule has 6 nitrogen and oxygen atoms in total. The summed E-state index contributed by atoms with van der Waals surface area (Å²) in [6.07, 6.45) is 1.13. The molecule has 2 aliphatic rings. The van der Waals surface area contributed by atoms with E-state index in [1.54, 1.807) is 6.07 Å². The Balaban J connectivity index is 1.59. The summed E-state index contributed by atoms with van der Waals surface area (Å²) in [6, 6.07) is 20.8. The van der Waals surface area contributed by atoms with Crippen LogP contribution in [0.5, 0.6) is 5.75 Å². The van der Waals surface area contributed by atoms with Gasteiger partial charge in [-0.2, -0.15) is 10.1 Å². The van der Waals surface area contributed by atoms with Gasteiger partial charge in [-0.15, -0.1) is 0 Å². The van der Waals surface area contributed by atoms with E-state index in [0.717, 1.165) is 32.6 Å². The van der Waals surface area contributed by atoms with E-state index >= 15 is 0 Å². The zero-order chi connectivity index (χ0) is 23.4. The van der Waals surface area contributed by atoms with Gasteiger partial charge in [0.15, 0.2) is 0 Å². The molecule has 3 heterocycles. The van der Waals surface area contributed by atoms with Crippen molar-refractivity contribution in [3.05, 3.63) is 106 Å². The summed E-state index contributed by atoms with van der Waals surface area (Å²) >= 11 is 3.53. The quantitative estimate of drug-likeness (QED) is 0.371. The van der Waals surface area contributed by atoms with Crippen LogP contribution in [0.2, 0.25) is 0 Å². The molecule has 0 fully saturated rings. The van der Waals surface area contributed by atoms with Crippen LogP contribution in [0.25, 0.3) is 5.70 Å². The van der Waals surface area contributed by atoms with Gasteiger partial charge >= 0.3 is 0 Å². The monoisotopic (exact) mass is 517 g/mol. The smallest absolute Gasteiger partial charge is 0.226 e. The number of fused-ring (bicyclic) bond motifs is 3. The Bertz CT molecular complexity index is 1410. The van der Waals surface area contributed by atoms with Gasteiger partial charge in [-0.3, -0.25) is 0 Å². The molecule has 0 saturated heterocycles. The molecule has 0 bridgehead atoms. The van der Waals surface area contributed by atoms with Gasteiger partial charge in [0.1, 0.15) is 30.0 Å². The fraction of sp³-hybridized carbons (Fsp3) is 0.154. The molecule has 1 aromatic heterocycles. The van der Waals surface area contributed by atoms with Crippen molar-refractivity contribution >= 4 is 33.3 Å². The minimum Gasteiger partial charge on any atom is -0.480 e. The number of hydrogen-bond acceptors (Lipinski definition) is 5. The van der Waals surface area contributed by atoms with Crippen molar-refractivity contribution in [1.29, 1.82) is 0 Å². The molecule has 0 radical (unpaired) electrons. The highest BCUT2D eigenvalue weighted by Gasteiger charge is 2.41. The lowest BCUT2D eigenvalue weighted by Gasteiger charge is -2.39. The molecule has 2 atom stereocenters. The van der Waals surface area contributed by atoms with Crippen molar-refractivity contribution in [2.45, 2.75) is 12.1 Å². The summed E-state index contributed by atoms with van der Waals surface area (Å²) < 4.78 is 23.8. The average Bonchev–Trinajstić information content (AvgIpc) is 3.31. The minimum atomic E-state index is -0.400. The normalized spacial score (nSPS) is 18.4. The molecule has 2 aliphatic heterocycles. The highest BCUT2D eigenvalue weighted by atomic mass is 79.9. The predicted octanol–water partition coefficient (Wildman–Crippen LogP) is 5.81. The van der Waals surface area contributed by atoms with Crippen LogP contribution in [-0.2, 0) is 0 Å². The third kappa shape index (κ3) is 3.37. The van der Waals surface area contributed by atoms with Crippen molar-refractivity contribution in [2.24, 2.45) is 0 Å². The summed E-state index contributed by atoms with van der Waals surface area (Å²) in [5.74, 6) is 0.902. The van der Waals surface area contributed by atoms with E-state index in [1.165, 1.54) is 18.5 Å². The fourth-order valence-electron chi connectivity index (χ4n) is 4.63. The van der Waals surface area contributed by atoms with Gasteiger partial charge < -0.3 is 15.0 Å². The molecule has 0 aliphatic carbocycles. The van der Waals surface area contributed by atoms with Gasteiger partial charge in [-0.1, -0.05) is 40.2 Å². The molecule has 3 aromatic carbocycles. The number of hydrogen-bond donors (Lipinski definition) is 1. The molecule has 0 spiro atoms. The molecule has 1 N–H and O–H groups in total. The third-order valence-electron chi connectivity index (χ3n) is 6.27. The minimum absolute atomic E-state index is 0.281. The zero-order valence-electron chi connectivity index (χ0n) is 18.5. The standard InChI is InChI=1S/C26H21BrFN5O/c1-32(2)19-10-5-16(6-11-19)25-22-23(20-13-18(28)9-12-21(20)34-25)31-26-29-14-30-33(26)24(22)15-3-7-17(27)8-4-15/h3-14,24-25H,1-2H3,(H,29,30,31). The van der Waals surface area contributed by atoms with Crippen LogP contribution < -0.4 is 15.0 Å². The van der Waals surface area contributed by atoms with E-state index in [-0.39, 0.29) is 11.9 Å². The van der Waals surface area contributed by atoms with Gasteiger partial charge in [0, 0.05) is 35.4 Å². The van der Waals surface area contributed by atoms with Crippen molar-refractivity contribution in [1.82, 2.24) is 14.8 Å². The van der Waals surface area contributed by atoms with E-state index in [4.69, 9.17) is 4.74 Å². The first kappa shape index (κ1) is 20.9. The average molecular weight is 518 g/mol. The molecular formula is C26H21BrFN5O. The first-order valence-corrected chi connectivity index (χ1v) is 11.7. The molecule has 170 valence electrons. The van der Waals surface area contributed by atoms with Gasteiger partial charge in [0.05, 0.1) is 5.70 Å². The number of benzene rings is 3. The Hall–Kier alpha value is -3.65. The molecule has 34 heavy (non-hydrogen) atoms. The maximum absolute atomic E-state index is 14.3. The molecule has 6 rings (SSSR count). The van der Waals surface area contributed by atoms with E-state index < -0.39 is 6.10 Å². The number of aromatic nitrogens is 3. The Morgan fingerprint density at radius 1 is 1.00 bits per heavy atom. The predicted molar refractivity (Wildman–Crippen MR) is 133 cm³/mol. The van der Waals surface area contributed by atoms with Crippen LogP contribution in [0, 0.1) is 5.82 Å². The van der Waals surface area contributed by atoms with Gasteiger partial charge in [-0.25, -0.2) is 9.07 Å². The number of nitrogens with one attached hydrogen (secondary N) is 1.